The second-order valence-electron chi connectivity index (χ2n) is 3.68. The Hall–Kier alpha value is -0.450. The Morgan fingerprint density at radius 3 is 2.22 bits per heavy atom. The molecule has 0 amide bonds. The van der Waals surface area contributed by atoms with Gasteiger partial charge in [0.1, 0.15) is 0 Å². The van der Waals surface area contributed by atoms with E-state index in [9.17, 15) is 0 Å². The Morgan fingerprint density at radius 1 is 0.889 bits per heavy atom. The minimum atomic E-state index is 0.931. The highest BCUT2D eigenvalue weighted by atomic mass is 79.9. The number of halogens is 2. The van der Waals surface area contributed by atoms with E-state index in [0.717, 1.165) is 26.9 Å². The second kappa shape index (κ2) is 7.22. The summed E-state index contributed by atoms with van der Waals surface area (Å²) in [6.07, 6.45) is 0. The first-order chi connectivity index (χ1) is 8.77. The predicted molar refractivity (Wildman–Crippen MR) is 87.5 cm³/mol. The number of rotatable bonds is 5. The van der Waals surface area contributed by atoms with Gasteiger partial charge < -0.3 is 5.32 Å². The predicted octanol–water partition coefficient (Wildman–Crippen LogP) is 5.42. The van der Waals surface area contributed by atoms with Crippen LogP contribution >= 0.6 is 43.6 Å². The van der Waals surface area contributed by atoms with Crippen LogP contribution < -0.4 is 5.32 Å². The molecule has 0 bridgehead atoms. The summed E-state index contributed by atoms with van der Waals surface area (Å²) < 4.78 is 2.17. The van der Waals surface area contributed by atoms with Gasteiger partial charge in [-0.15, -0.1) is 11.8 Å². The fourth-order valence-corrected chi connectivity index (χ4v) is 3.60. The number of thioether (sulfide) groups is 1. The Morgan fingerprint density at radius 2 is 1.56 bits per heavy atom. The highest BCUT2D eigenvalue weighted by Gasteiger charge is 2.03. The summed E-state index contributed by atoms with van der Waals surface area (Å²) in [7, 11) is 0. The van der Waals surface area contributed by atoms with Gasteiger partial charge in [0.05, 0.1) is 5.69 Å². The van der Waals surface area contributed by atoms with Crippen LogP contribution in [-0.4, -0.2) is 12.3 Å². The van der Waals surface area contributed by atoms with Gasteiger partial charge in [-0.3, -0.25) is 0 Å². The summed E-state index contributed by atoms with van der Waals surface area (Å²) >= 11 is 8.95. The standard InChI is InChI=1S/C14H13Br2NS/c15-12-7-4-8-13(16)14(12)17-9-10-18-11-5-2-1-3-6-11/h1-8,17H,9-10H2. The van der Waals surface area contributed by atoms with Crippen LogP contribution in [0.4, 0.5) is 5.69 Å². The first-order valence-corrected chi connectivity index (χ1v) is 8.20. The maximum Gasteiger partial charge on any atom is 0.0629 e. The molecule has 0 radical (unpaired) electrons. The van der Waals surface area contributed by atoms with Gasteiger partial charge in [0.2, 0.25) is 0 Å². The van der Waals surface area contributed by atoms with Crippen molar-refractivity contribution in [3.63, 3.8) is 0 Å². The van der Waals surface area contributed by atoms with Gasteiger partial charge in [0.25, 0.3) is 0 Å². The minimum absolute atomic E-state index is 0.931. The molecular weight excluding hydrogens is 374 g/mol. The zero-order chi connectivity index (χ0) is 12.8. The number of anilines is 1. The minimum Gasteiger partial charge on any atom is -0.382 e. The van der Waals surface area contributed by atoms with Crippen molar-refractivity contribution in [1.29, 1.82) is 0 Å². The number of hydrogen-bond donors (Lipinski definition) is 1. The third kappa shape index (κ3) is 4.04. The zero-order valence-electron chi connectivity index (χ0n) is 9.70. The topological polar surface area (TPSA) is 12.0 Å². The summed E-state index contributed by atoms with van der Waals surface area (Å²) in [5.74, 6) is 1.04. The molecule has 0 saturated heterocycles. The van der Waals surface area contributed by atoms with E-state index in [2.05, 4.69) is 61.4 Å². The first kappa shape index (κ1) is 14.0. The van der Waals surface area contributed by atoms with Crippen molar-refractivity contribution < 1.29 is 0 Å². The average molecular weight is 387 g/mol. The van der Waals surface area contributed by atoms with Crippen molar-refractivity contribution in [3.8, 4) is 0 Å². The largest absolute Gasteiger partial charge is 0.382 e. The van der Waals surface area contributed by atoms with Crippen LogP contribution in [0, 0.1) is 0 Å². The van der Waals surface area contributed by atoms with Crippen molar-refractivity contribution in [2.45, 2.75) is 4.90 Å². The summed E-state index contributed by atoms with van der Waals surface area (Å²) in [5, 5.41) is 3.44. The Balaban J connectivity index is 1.82. The van der Waals surface area contributed by atoms with Gasteiger partial charge in [-0.05, 0) is 56.1 Å². The van der Waals surface area contributed by atoms with E-state index in [1.54, 1.807) is 0 Å². The second-order valence-corrected chi connectivity index (χ2v) is 6.56. The van der Waals surface area contributed by atoms with Crippen LogP contribution in [0.1, 0.15) is 0 Å². The molecule has 0 heterocycles. The summed E-state index contributed by atoms with van der Waals surface area (Å²) in [6, 6.07) is 16.5. The normalized spacial score (nSPS) is 10.3. The van der Waals surface area contributed by atoms with E-state index < -0.39 is 0 Å². The molecule has 1 N–H and O–H groups in total. The summed E-state index contributed by atoms with van der Waals surface area (Å²) in [5.41, 5.74) is 1.12. The molecule has 0 spiro atoms. The van der Waals surface area contributed by atoms with Crippen LogP contribution in [-0.2, 0) is 0 Å². The molecule has 18 heavy (non-hydrogen) atoms. The van der Waals surface area contributed by atoms with Gasteiger partial charge in [0.15, 0.2) is 0 Å². The highest BCUT2D eigenvalue weighted by Crippen LogP contribution is 2.30. The number of nitrogens with one attached hydrogen (secondary N) is 1. The molecule has 0 aliphatic heterocycles. The van der Waals surface area contributed by atoms with Crippen LogP contribution in [0.15, 0.2) is 62.4 Å². The Labute approximate surface area is 129 Å². The van der Waals surface area contributed by atoms with Crippen molar-refractivity contribution >= 4 is 49.3 Å². The average Bonchev–Trinajstić information content (AvgIpc) is 2.38. The molecule has 0 unspecified atom stereocenters. The first-order valence-electron chi connectivity index (χ1n) is 5.63. The van der Waals surface area contributed by atoms with Crippen molar-refractivity contribution in [2.75, 3.05) is 17.6 Å². The van der Waals surface area contributed by atoms with E-state index in [-0.39, 0.29) is 0 Å². The lowest BCUT2D eigenvalue weighted by Gasteiger charge is -2.10. The van der Waals surface area contributed by atoms with Crippen molar-refractivity contribution in [3.05, 3.63) is 57.5 Å². The van der Waals surface area contributed by atoms with Gasteiger partial charge in [0, 0.05) is 26.1 Å². The van der Waals surface area contributed by atoms with E-state index in [0.29, 0.717) is 0 Å². The fraction of sp³-hybridized carbons (Fsp3) is 0.143. The molecule has 0 atom stereocenters. The Bertz CT molecular complexity index is 482. The molecule has 0 aromatic heterocycles. The van der Waals surface area contributed by atoms with Gasteiger partial charge in [-0.1, -0.05) is 24.3 Å². The van der Waals surface area contributed by atoms with Gasteiger partial charge in [-0.2, -0.15) is 0 Å². The lowest BCUT2D eigenvalue weighted by molar-refractivity contribution is 1.21. The van der Waals surface area contributed by atoms with Crippen molar-refractivity contribution in [2.24, 2.45) is 0 Å². The Kier molecular flexibility index (Phi) is 5.60. The number of benzene rings is 2. The third-order valence-corrected chi connectivity index (χ3v) is 4.71. The van der Waals surface area contributed by atoms with Crippen LogP contribution in [0.2, 0.25) is 0 Å². The lowest BCUT2D eigenvalue weighted by Crippen LogP contribution is -2.05. The molecule has 94 valence electrons. The van der Waals surface area contributed by atoms with Crippen LogP contribution in [0.25, 0.3) is 0 Å². The van der Waals surface area contributed by atoms with Gasteiger partial charge in [-0.25, -0.2) is 0 Å². The van der Waals surface area contributed by atoms with E-state index >= 15 is 0 Å². The highest BCUT2D eigenvalue weighted by molar-refractivity contribution is 9.11. The summed E-state index contributed by atoms with van der Waals surface area (Å²) in [6.45, 7) is 0.931. The maximum atomic E-state index is 3.54. The molecule has 0 fully saturated rings. The molecule has 0 aliphatic rings. The molecule has 4 heteroatoms. The van der Waals surface area contributed by atoms with Crippen LogP contribution in [0.3, 0.4) is 0 Å². The number of hydrogen-bond acceptors (Lipinski definition) is 2. The molecule has 0 saturated carbocycles. The molecular formula is C14H13Br2NS. The smallest absolute Gasteiger partial charge is 0.0629 e. The van der Waals surface area contributed by atoms with Crippen molar-refractivity contribution in [1.82, 2.24) is 0 Å². The molecule has 2 aromatic carbocycles. The maximum absolute atomic E-state index is 3.54. The molecule has 1 nitrogen and oxygen atoms in total. The van der Waals surface area contributed by atoms with Gasteiger partial charge >= 0.3 is 0 Å². The zero-order valence-corrected chi connectivity index (χ0v) is 13.7. The van der Waals surface area contributed by atoms with Crippen LogP contribution in [0.5, 0.6) is 0 Å². The fourth-order valence-electron chi connectivity index (χ4n) is 1.53. The lowest BCUT2D eigenvalue weighted by atomic mass is 10.3. The number of para-hydroxylation sites is 1. The SMILES string of the molecule is Brc1cccc(Br)c1NCCSc1ccccc1. The van der Waals surface area contributed by atoms with E-state index in [1.165, 1.54) is 4.90 Å². The third-order valence-electron chi connectivity index (χ3n) is 2.38. The molecule has 0 aliphatic carbocycles. The quantitative estimate of drug-likeness (QED) is 0.544. The molecule has 2 aromatic rings. The van der Waals surface area contributed by atoms with E-state index in [4.69, 9.17) is 0 Å². The molecule has 2 rings (SSSR count). The summed E-state index contributed by atoms with van der Waals surface area (Å²) in [4.78, 5) is 1.31. The van der Waals surface area contributed by atoms with E-state index in [1.807, 2.05) is 36.0 Å². The monoisotopic (exact) mass is 385 g/mol.